The molecule has 10 heteroatoms. The number of rotatable bonds is 11. The third-order valence-electron chi connectivity index (χ3n) is 6.77. The number of hydrogen-bond acceptors (Lipinski definition) is 8. The number of aliphatic carboxylic acids is 1. The Labute approximate surface area is 228 Å². The van der Waals surface area contributed by atoms with Crippen molar-refractivity contribution in [2.24, 2.45) is 10.9 Å². The molecule has 39 heavy (non-hydrogen) atoms. The zero-order valence-electron chi connectivity index (χ0n) is 22.4. The van der Waals surface area contributed by atoms with Gasteiger partial charge in [-0.15, -0.1) is 0 Å². The van der Waals surface area contributed by atoms with Crippen molar-refractivity contribution < 1.29 is 19.8 Å². The first kappa shape index (κ1) is 27.4. The third-order valence-corrected chi connectivity index (χ3v) is 6.77. The van der Waals surface area contributed by atoms with Crippen molar-refractivity contribution in [3.63, 3.8) is 0 Å². The Kier molecular flexibility index (Phi) is 8.65. The van der Waals surface area contributed by atoms with Crippen LogP contribution in [0.5, 0.6) is 5.75 Å². The van der Waals surface area contributed by atoms with Crippen molar-refractivity contribution in [2.45, 2.75) is 45.8 Å². The molecule has 0 radical (unpaired) electrons. The van der Waals surface area contributed by atoms with Crippen LogP contribution in [0.4, 0.5) is 0 Å². The Morgan fingerprint density at radius 2 is 1.79 bits per heavy atom. The molecule has 10 nitrogen and oxygen atoms in total. The number of unbranched alkanes of at least 4 members (excludes halogenated alkanes) is 1. The van der Waals surface area contributed by atoms with E-state index in [1.807, 2.05) is 66.2 Å². The van der Waals surface area contributed by atoms with E-state index in [4.69, 9.17) is 15.7 Å². The van der Waals surface area contributed by atoms with Gasteiger partial charge in [-0.25, -0.2) is 14.8 Å². The highest BCUT2D eigenvalue weighted by atomic mass is 16.5. The maximum absolute atomic E-state index is 12.6. The summed E-state index contributed by atoms with van der Waals surface area (Å²) in [5.41, 5.74) is 9.84. The van der Waals surface area contributed by atoms with Gasteiger partial charge in [0.1, 0.15) is 11.9 Å². The molecule has 1 aliphatic heterocycles. The van der Waals surface area contributed by atoms with Crippen molar-refractivity contribution in [1.82, 2.24) is 19.8 Å². The minimum Gasteiger partial charge on any atom is -0.491 e. The van der Waals surface area contributed by atoms with E-state index in [-0.39, 0.29) is 17.7 Å². The molecule has 204 valence electrons. The van der Waals surface area contributed by atoms with Crippen molar-refractivity contribution in [3.8, 4) is 16.9 Å². The number of amidine groups is 1. The molecule has 0 fully saturated rings. The van der Waals surface area contributed by atoms with E-state index >= 15 is 0 Å². The highest BCUT2D eigenvalue weighted by molar-refractivity contribution is 6.03. The van der Waals surface area contributed by atoms with Gasteiger partial charge in [-0.05, 0) is 36.5 Å². The molecule has 0 aliphatic carbocycles. The Morgan fingerprint density at radius 3 is 2.41 bits per heavy atom. The van der Waals surface area contributed by atoms with Crippen LogP contribution in [-0.4, -0.2) is 61.7 Å². The van der Waals surface area contributed by atoms with Crippen molar-refractivity contribution in [1.29, 1.82) is 0 Å². The number of ether oxygens (including phenoxy) is 1. The number of benzene rings is 2. The average molecular weight is 531 g/mol. The normalized spacial score (nSPS) is 15.7. The second kappa shape index (κ2) is 12.3. The number of carbonyl (C=O) groups is 1. The fourth-order valence-electron chi connectivity index (χ4n) is 4.90. The molecule has 0 bridgehead atoms. The van der Waals surface area contributed by atoms with E-state index in [1.54, 1.807) is 18.5 Å². The molecule has 4 N–H and O–H groups in total. The van der Waals surface area contributed by atoms with Gasteiger partial charge < -0.3 is 30.6 Å². The van der Waals surface area contributed by atoms with Gasteiger partial charge in [-0.3, -0.25) is 0 Å². The molecule has 4 rings (SSSR count). The first-order valence-electron chi connectivity index (χ1n) is 13.0. The van der Waals surface area contributed by atoms with Crippen molar-refractivity contribution in [3.05, 3.63) is 83.6 Å². The monoisotopic (exact) mass is 530 g/mol. The number of oxime groups is 1. The number of hydrogen-bond donors (Lipinski definition) is 3. The predicted molar refractivity (Wildman–Crippen MR) is 149 cm³/mol. The van der Waals surface area contributed by atoms with Gasteiger partial charge in [0.25, 0.3) is 0 Å². The van der Waals surface area contributed by atoms with Gasteiger partial charge in [0.15, 0.2) is 23.1 Å². The molecular formula is C29H34N6O4. The van der Waals surface area contributed by atoms with Crippen LogP contribution in [0.3, 0.4) is 0 Å². The molecule has 2 aromatic carbocycles. The van der Waals surface area contributed by atoms with Crippen molar-refractivity contribution >= 4 is 17.5 Å². The third kappa shape index (κ3) is 5.79. The van der Waals surface area contributed by atoms with Crippen LogP contribution in [0.1, 0.15) is 50.1 Å². The van der Waals surface area contributed by atoms with Gasteiger partial charge in [0.05, 0.1) is 19.0 Å². The van der Waals surface area contributed by atoms with Crippen LogP contribution in [0.25, 0.3) is 16.8 Å². The van der Waals surface area contributed by atoms with Gasteiger partial charge in [-0.2, -0.15) is 0 Å². The molecule has 2 heterocycles. The smallest absolute Gasteiger partial charge is 0.354 e. The lowest BCUT2D eigenvalue weighted by molar-refractivity contribution is -0.134. The van der Waals surface area contributed by atoms with Crippen molar-refractivity contribution in [2.75, 3.05) is 13.7 Å². The van der Waals surface area contributed by atoms with Crippen LogP contribution >= 0.6 is 0 Å². The SMILES string of the molecule is CCCCC1N(C)C(c2ncc(OCC)cn2)=C(C(=O)O)N1Cc1ccc(-c2ccccc2C(N)=NO)cc1. The van der Waals surface area contributed by atoms with E-state index in [0.29, 0.717) is 36.0 Å². The highest BCUT2D eigenvalue weighted by Gasteiger charge is 2.40. The highest BCUT2D eigenvalue weighted by Crippen LogP contribution is 2.37. The Morgan fingerprint density at radius 1 is 1.10 bits per heavy atom. The van der Waals surface area contributed by atoms with Gasteiger partial charge in [-0.1, -0.05) is 67.0 Å². The molecule has 3 aromatic rings. The summed E-state index contributed by atoms with van der Waals surface area (Å²) in [5, 5.41) is 22.7. The fraction of sp³-hybridized carbons (Fsp3) is 0.310. The first-order chi connectivity index (χ1) is 18.9. The molecule has 0 saturated carbocycles. The summed E-state index contributed by atoms with van der Waals surface area (Å²) in [6.45, 7) is 4.88. The first-order valence-corrected chi connectivity index (χ1v) is 13.0. The summed E-state index contributed by atoms with van der Waals surface area (Å²) in [6, 6.07) is 15.3. The Balaban J connectivity index is 1.69. The van der Waals surface area contributed by atoms with E-state index in [1.165, 1.54) is 0 Å². The predicted octanol–water partition coefficient (Wildman–Crippen LogP) is 4.35. The molecule has 1 unspecified atom stereocenters. The standard InChI is InChI=1S/C29H34N6O4/c1-4-6-11-24-34(3)25(28-31-16-21(17-32-28)39-5-2)26(29(36)37)35(24)18-19-12-14-20(15-13-19)22-9-7-8-10-23(22)27(30)33-38/h7-10,12-17,24,38H,4-6,11,18H2,1-3H3,(H2,30,33)(H,36,37). The second-order valence-electron chi connectivity index (χ2n) is 9.27. The minimum absolute atomic E-state index is 0.0359. The van der Waals surface area contributed by atoms with Crippen LogP contribution < -0.4 is 10.5 Å². The van der Waals surface area contributed by atoms with Gasteiger partial charge in [0.2, 0.25) is 0 Å². The molecule has 1 aliphatic rings. The summed E-state index contributed by atoms with van der Waals surface area (Å²) in [5.74, 6) is -0.114. The number of carboxylic acids is 1. The Bertz CT molecular complexity index is 1350. The summed E-state index contributed by atoms with van der Waals surface area (Å²) < 4.78 is 5.46. The number of aromatic nitrogens is 2. The van der Waals surface area contributed by atoms with E-state index in [2.05, 4.69) is 22.0 Å². The molecule has 0 saturated heterocycles. The number of nitrogens with two attached hydrogens (primary N) is 1. The zero-order chi connectivity index (χ0) is 27.9. The lowest BCUT2D eigenvalue weighted by Crippen LogP contribution is -2.39. The number of nitrogens with zero attached hydrogens (tertiary/aromatic N) is 5. The summed E-state index contributed by atoms with van der Waals surface area (Å²) in [7, 11) is 1.89. The summed E-state index contributed by atoms with van der Waals surface area (Å²) in [6.07, 6.45) is 5.70. The second-order valence-corrected chi connectivity index (χ2v) is 9.27. The molecule has 0 spiro atoms. The molecule has 1 aromatic heterocycles. The van der Waals surface area contributed by atoms with Crippen LogP contribution in [0.15, 0.2) is 71.8 Å². The summed E-state index contributed by atoms with van der Waals surface area (Å²) >= 11 is 0. The van der Waals surface area contributed by atoms with Crippen LogP contribution in [0.2, 0.25) is 0 Å². The van der Waals surface area contributed by atoms with Gasteiger partial charge >= 0.3 is 5.97 Å². The largest absolute Gasteiger partial charge is 0.491 e. The average Bonchev–Trinajstić information content (AvgIpc) is 3.23. The zero-order valence-corrected chi connectivity index (χ0v) is 22.4. The maximum Gasteiger partial charge on any atom is 0.354 e. The van der Waals surface area contributed by atoms with Crippen LogP contribution in [0, 0.1) is 0 Å². The fourth-order valence-corrected chi connectivity index (χ4v) is 4.90. The van der Waals surface area contributed by atoms with Crippen LogP contribution in [-0.2, 0) is 11.3 Å². The maximum atomic E-state index is 12.6. The van der Waals surface area contributed by atoms with E-state index < -0.39 is 5.97 Å². The quantitative estimate of drug-likeness (QED) is 0.143. The number of carboxylic acid groups (broad SMARTS) is 1. The topological polar surface area (TPSA) is 137 Å². The minimum atomic E-state index is -1.03. The summed E-state index contributed by atoms with van der Waals surface area (Å²) in [4.78, 5) is 25.4. The molecular weight excluding hydrogens is 496 g/mol. The van der Waals surface area contributed by atoms with E-state index in [0.717, 1.165) is 36.0 Å². The molecule has 1 atom stereocenters. The lowest BCUT2D eigenvalue weighted by Gasteiger charge is -2.32. The Hall–Kier alpha value is -4.60. The lowest BCUT2D eigenvalue weighted by atomic mass is 9.98. The van der Waals surface area contributed by atoms with Gasteiger partial charge in [0, 0.05) is 19.2 Å². The molecule has 0 amide bonds. The van der Waals surface area contributed by atoms with E-state index in [9.17, 15) is 9.90 Å².